The van der Waals surface area contributed by atoms with Crippen molar-refractivity contribution in [3.05, 3.63) is 64.1 Å². The molecular weight excluding hydrogens is 430 g/mol. The summed E-state index contributed by atoms with van der Waals surface area (Å²) in [5, 5.41) is 18.4. The van der Waals surface area contributed by atoms with E-state index in [1.54, 1.807) is 17.4 Å². The van der Waals surface area contributed by atoms with Gasteiger partial charge < -0.3 is 9.09 Å². The third-order valence-corrected chi connectivity index (χ3v) is 6.83. The summed E-state index contributed by atoms with van der Waals surface area (Å²) >= 11 is 3.12. The van der Waals surface area contributed by atoms with E-state index in [9.17, 15) is 4.79 Å². The van der Waals surface area contributed by atoms with Crippen molar-refractivity contribution in [3.8, 4) is 11.3 Å². The van der Waals surface area contributed by atoms with E-state index in [4.69, 9.17) is 4.52 Å². The molecule has 3 heterocycles. The highest BCUT2D eigenvalue weighted by molar-refractivity contribution is 7.99. The van der Waals surface area contributed by atoms with Crippen molar-refractivity contribution in [3.63, 3.8) is 0 Å². The molecule has 158 valence electrons. The van der Waals surface area contributed by atoms with Gasteiger partial charge in [-0.15, -0.1) is 21.5 Å². The molecule has 9 heteroatoms. The Balaban J connectivity index is 1.21. The fraction of sp³-hybridized carbons (Fsp3) is 0.273. The first-order chi connectivity index (χ1) is 15.2. The molecule has 1 saturated carbocycles. The van der Waals surface area contributed by atoms with Crippen molar-refractivity contribution in [1.82, 2.24) is 19.9 Å². The lowest BCUT2D eigenvalue weighted by molar-refractivity contribution is -0.113. The van der Waals surface area contributed by atoms with E-state index in [1.807, 2.05) is 37.3 Å². The van der Waals surface area contributed by atoms with Crippen LogP contribution in [0.25, 0.3) is 11.3 Å². The zero-order chi connectivity index (χ0) is 21.2. The molecule has 1 fully saturated rings. The van der Waals surface area contributed by atoms with Crippen molar-refractivity contribution < 1.29 is 9.32 Å². The van der Waals surface area contributed by atoms with Gasteiger partial charge in [-0.3, -0.25) is 10.1 Å². The fourth-order valence-electron chi connectivity index (χ4n) is 3.29. The van der Waals surface area contributed by atoms with Gasteiger partial charge in [-0.25, -0.2) is 0 Å². The standard InChI is InChI=1S/C22H21N5O2S2/c1-14-4-6-15(7-5-14)18-12-21(29-26-18)23-20(28)13-31-22-25-24-19(27(22)16-8-9-16)11-17-3-2-10-30-17/h2-7,10,12,16H,8-9,11,13H2,1H3,(H,23,28). The normalized spacial score (nSPS) is 13.5. The number of nitrogens with zero attached hydrogens (tertiary/aromatic N) is 4. The van der Waals surface area contributed by atoms with E-state index in [0.717, 1.165) is 35.8 Å². The second-order valence-electron chi connectivity index (χ2n) is 7.54. The SMILES string of the molecule is Cc1ccc(-c2cc(NC(=O)CSc3nnc(Cc4cccs4)n3C3CC3)on2)cc1. The highest BCUT2D eigenvalue weighted by atomic mass is 32.2. The highest BCUT2D eigenvalue weighted by Gasteiger charge is 2.30. The van der Waals surface area contributed by atoms with Gasteiger partial charge in [0, 0.05) is 29.0 Å². The molecule has 1 amide bonds. The van der Waals surface area contributed by atoms with Crippen LogP contribution in [0.1, 0.15) is 35.1 Å². The van der Waals surface area contributed by atoms with E-state index in [0.29, 0.717) is 17.6 Å². The van der Waals surface area contributed by atoms with Gasteiger partial charge in [0.15, 0.2) is 5.16 Å². The molecule has 5 rings (SSSR count). The number of hydrogen-bond acceptors (Lipinski definition) is 7. The van der Waals surface area contributed by atoms with Gasteiger partial charge in [-0.05, 0) is 31.2 Å². The Morgan fingerprint density at radius 2 is 2.10 bits per heavy atom. The molecule has 0 atom stereocenters. The van der Waals surface area contributed by atoms with Crippen LogP contribution in [-0.2, 0) is 11.2 Å². The Morgan fingerprint density at radius 1 is 1.26 bits per heavy atom. The molecule has 0 aliphatic heterocycles. The van der Waals surface area contributed by atoms with E-state index in [-0.39, 0.29) is 11.7 Å². The minimum atomic E-state index is -0.165. The lowest BCUT2D eigenvalue weighted by atomic mass is 10.1. The Morgan fingerprint density at radius 3 is 2.84 bits per heavy atom. The molecule has 1 aliphatic rings. The van der Waals surface area contributed by atoms with E-state index < -0.39 is 0 Å². The molecular formula is C22H21N5O2S2. The lowest BCUT2D eigenvalue weighted by Gasteiger charge is -2.08. The van der Waals surface area contributed by atoms with Gasteiger partial charge in [0.2, 0.25) is 11.8 Å². The van der Waals surface area contributed by atoms with Crippen molar-refractivity contribution in [2.75, 3.05) is 11.1 Å². The van der Waals surface area contributed by atoms with E-state index >= 15 is 0 Å². The maximum Gasteiger partial charge on any atom is 0.237 e. The van der Waals surface area contributed by atoms with Crippen LogP contribution in [0.15, 0.2) is 57.5 Å². The van der Waals surface area contributed by atoms with Crippen molar-refractivity contribution in [1.29, 1.82) is 0 Å². The number of thiophene rings is 1. The number of nitrogens with one attached hydrogen (secondary N) is 1. The molecule has 7 nitrogen and oxygen atoms in total. The average molecular weight is 452 g/mol. The van der Waals surface area contributed by atoms with Crippen LogP contribution in [0.4, 0.5) is 5.88 Å². The molecule has 0 spiro atoms. The zero-order valence-electron chi connectivity index (χ0n) is 16.9. The van der Waals surface area contributed by atoms with Gasteiger partial charge >= 0.3 is 0 Å². The van der Waals surface area contributed by atoms with Gasteiger partial charge in [0.25, 0.3) is 0 Å². The number of hydrogen-bond donors (Lipinski definition) is 1. The minimum absolute atomic E-state index is 0.165. The molecule has 1 aliphatic carbocycles. The predicted octanol–water partition coefficient (Wildman–Crippen LogP) is 4.96. The van der Waals surface area contributed by atoms with Crippen LogP contribution >= 0.6 is 23.1 Å². The number of aryl methyl sites for hydroxylation is 1. The summed E-state index contributed by atoms with van der Waals surface area (Å²) in [5.41, 5.74) is 2.81. The number of carbonyl (C=O) groups is 1. The van der Waals surface area contributed by atoms with Crippen molar-refractivity contribution in [2.24, 2.45) is 0 Å². The number of benzene rings is 1. The third kappa shape index (κ3) is 4.72. The van der Waals surface area contributed by atoms with Crippen LogP contribution in [-0.4, -0.2) is 31.6 Å². The second-order valence-corrected chi connectivity index (χ2v) is 9.51. The average Bonchev–Trinajstić information content (AvgIpc) is 3.15. The topological polar surface area (TPSA) is 85.8 Å². The molecule has 1 aromatic carbocycles. The summed E-state index contributed by atoms with van der Waals surface area (Å²) < 4.78 is 7.48. The third-order valence-electron chi connectivity index (χ3n) is 5.01. The monoisotopic (exact) mass is 451 g/mol. The molecule has 31 heavy (non-hydrogen) atoms. The summed E-state index contributed by atoms with van der Waals surface area (Å²) in [5.74, 6) is 1.36. The Labute approximate surface area is 187 Å². The fourth-order valence-corrected chi connectivity index (χ4v) is 4.82. The summed E-state index contributed by atoms with van der Waals surface area (Å²) in [4.78, 5) is 13.7. The summed E-state index contributed by atoms with van der Waals surface area (Å²) in [6, 6.07) is 14.3. The van der Waals surface area contributed by atoms with Crippen LogP contribution in [0.2, 0.25) is 0 Å². The number of rotatable bonds is 8. The Kier molecular flexibility index (Phi) is 5.61. The van der Waals surface area contributed by atoms with Gasteiger partial charge in [-0.1, -0.05) is 52.8 Å². The number of aromatic nitrogens is 4. The molecule has 0 saturated heterocycles. The first-order valence-electron chi connectivity index (χ1n) is 10.1. The maximum atomic E-state index is 12.5. The number of anilines is 1. The van der Waals surface area contributed by atoms with Crippen molar-refractivity contribution in [2.45, 2.75) is 37.4 Å². The molecule has 0 bridgehead atoms. The largest absolute Gasteiger partial charge is 0.338 e. The highest BCUT2D eigenvalue weighted by Crippen LogP contribution is 2.39. The maximum absolute atomic E-state index is 12.5. The molecule has 0 unspecified atom stereocenters. The van der Waals surface area contributed by atoms with Crippen molar-refractivity contribution >= 4 is 34.9 Å². The first-order valence-corrected chi connectivity index (χ1v) is 11.9. The predicted molar refractivity (Wildman–Crippen MR) is 121 cm³/mol. The van der Waals surface area contributed by atoms with E-state index in [2.05, 4.69) is 36.7 Å². The van der Waals surface area contributed by atoms with Gasteiger partial charge in [-0.2, -0.15) is 0 Å². The summed E-state index contributed by atoms with van der Waals surface area (Å²) in [6.45, 7) is 2.03. The smallest absolute Gasteiger partial charge is 0.237 e. The first kappa shape index (κ1) is 20.0. The van der Waals surface area contributed by atoms with Crippen LogP contribution in [0.5, 0.6) is 0 Å². The van der Waals surface area contributed by atoms with Gasteiger partial charge in [0.1, 0.15) is 11.5 Å². The lowest BCUT2D eigenvalue weighted by Crippen LogP contribution is -2.14. The van der Waals surface area contributed by atoms with Gasteiger partial charge in [0.05, 0.1) is 5.75 Å². The van der Waals surface area contributed by atoms with Crippen LogP contribution < -0.4 is 5.32 Å². The summed E-state index contributed by atoms with van der Waals surface area (Å²) in [7, 11) is 0. The zero-order valence-corrected chi connectivity index (χ0v) is 18.6. The number of carbonyl (C=O) groups excluding carboxylic acids is 1. The minimum Gasteiger partial charge on any atom is -0.338 e. The van der Waals surface area contributed by atoms with Crippen LogP contribution in [0.3, 0.4) is 0 Å². The Bertz CT molecular complexity index is 1180. The molecule has 0 radical (unpaired) electrons. The summed E-state index contributed by atoms with van der Waals surface area (Å²) in [6.07, 6.45) is 3.04. The molecule has 4 aromatic rings. The quantitative estimate of drug-likeness (QED) is 0.381. The Hall–Kier alpha value is -2.91. The van der Waals surface area contributed by atoms with E-state index in [1.165, 1.54) is 22.2 Å². The van der Waals surface area contributed by atoms with Crippen LogP contribution in [0, 0.1) is 6.92 Å². The molecule has 3 aromatic heterocycles. The molecule has 1 N–H and O–H groups in total. The second kappa shape index (κ2) is 8.68. The number of thioether (sulfide) groups is 1. The number of amides is 1.